The normalized spacial score (nSPS) is 11.6. The van der Waals surface area contributed by atoms with Crippen LogP contribution in [0, 0.1) is 12.1 Å². The Morgan fingerprint density at radius 1 is 1.06 bits per heavy atom. The summed E-state index contributed by atoms with van der Waals surface area (Å²) in [5.41, 5.74) is 2.57. The monoisotopic (exact) mass is 257 g/mol. The SMILES string of the molecule is CSc1ccc(/C=[N+](\[O-])c2ccccc2C)cc1. The molecule has 0 saturated carbocycles. The zero-order valence-electron chi connectivity index (χ0n) is 10.5. The van der Waals surface area contributed by atoms with Crippen molar-refractivity contribution in [1.29, 1.82) is 0 Å². The summed E-state index contributed by atoms with van der Waals surface area (Å²) in [6.07, 6.45) is 3.64. The van der Waals surface area contributed by atoms with Crippen molar-refractivity contribution in [3.63, 3.8) is 0 Å². The molecular weight excluding hydrogens is 242 g/mol. The Morgan fingerprint density at radius 3 is 2.33 bits per heavy atom. The molecule has 3 heteroatoms. The third-order valence-electron chi connectivity index (χ3n) is 2.74. The fourth-order valence-corrected chi connectivity index (χ4v) is 2.11. The molecule has 2 nitrogen and oxygen atoms in total. The van der Waals surface area contributed by atoms with Gasteiger partial charge in [-0.2, -0.15) is 4.74 Å². The van der Waals surface area contributed by atoms with E-state index >= 15 is 0 Å². The zero-order valence-corrected chi connectivity index (χ0v) is 11.3. The van der Waals surface area contributed by atoms with Crippen LogP contribution in [0.15, 0.2) is 53.4 Å². The van der Waals surface area contributed by atoms with Crippen LogP contribution in [0.4, 0.5) is 5.69 Å². The van der Waals surface area contributed by atoms with E-state index in [1.165, 1.54) is 4.90 Å². The van der Waals surface area contributed by atoms with Crippen molar-refractivity contribution in [1.82, 2.24) is 0 Å². The van der Waals surface area contributed by atoms with Crippen LogP contribution >= 0.6 is 11.8 Å². The lowest BCUT2D eigenvalue weighted by molar-refractivity contribution is -0.355. The molecule has 18 heavy (non-hydrogen) atoms. The zero-order chi connectivity index (χ0) is 13.0. The number of benzene rings is 2. The van der Waals surface area contributed by atoms with E-state index in [4.69, 9.17) is 0 Å². The Bertz CT molecular complexity index is 561. The van der Waals surface area contributed by atoms with E-state index in [-0.39, 0.29) is 0 Å². The van der Waals surface area contributed by atoms with Gasteiger partial charge >= 0.3 is 0 Å². The smallest absolute Gasteiger partial charge is 0.219 e. The fraction of sp³-hybridized carbons (Fsp3) is 0.133. The van der Waals surface area contributed by atoms with Gasteiger partial charge in [-0.1, -0.05) is 18.2 Å². The lowest BCUT2D eigenvalue weighted by Crippen LogP contribution is -2.00. The van der Waals surface area contributed by atoms with E-state index in [2.05, 4.69) is 0 Å². The molecule has 2 rings (SSSR count). The Hall–Kier alpha value is -1.74. The van der Waals surface area contributed by atoms with Crippen molar-refractivity contribution < 1.29 is 4.74 Å². The minimum absolute atomic E-state index is 0.687. The Labute approximate surface area is 112 Å². The van der Waals surface area contributed by atoms with E-state index in [1.807, 2.05) is 61.7 Å². The molecule has 92 valence electrons. The summed E-state index contributed by atoms with van der Waals surface area (Å²) in [7, 11) is 0. The van der Waals surface area contributed by atoms with E-state index in [9.17, 15) is 5.21 Å². The van der Waals surface area contributed by atoms with E-state index in [1.54, 1.807) is 18.0 Å². The maximum absolute atomic E-state index is 12.0. The summed E-state index contributed by atoms with van der Waals surface area (Å²) in [6.45, 7) is 1.94. The number of rotatable bonds is 3. The average molecular weight is 257 g/mol. The quantitative estimate of drug-likeness (QED) is 0.273. The maximum Gasteiger partial charge on any atom is 0.219 e. The number of aryl methyl sites for hydroxylation is 1. The molecule has 0 aliphatic rings. The number of hydrogen-bond donors (Lipinski definition) is 0. The average Bonchev–Trinajstić information content (AvgIpc) is 2.40. The minimum atomic E-state index is 0.687. The van der Waals surface area contributed by atoms with Gasteiger partial charge in [0.15, 0.2) is 6.21 Å². The molecule has 0 spiro atoms. The molecule has 2 aromatic carbocycles. The van der Waals surface area contributed by atoms with E-state index in [0.29, 0.717) is 5.69 Å². The number of hydrogen-bond acceptors (Lipinski definition) is 2. The molecule has 0 fully saturated rings. The van der Waals surface area contributed by atoms with Crippen LogP contribution < -0.4 is 0 Å². The maximum atomic E-state index is 12.0. The van der Waals surface area contributed by atoms with Gasteiger partial charge in [0, 0.05) is 22.1 Å². The first-order chi connectivity index (χ1) is 8.70. The van der Waals surface area contributed by atoms with Crippen molar-refractivity contribution >= 4 is 23.7 Å². The summed E-state index contributed by atoms with van der Waals surface area (Å²) in [6, 6.07) is 15.5. The van der Waals surface area contributed by atoms with Crippen LogP contribution in [-0.2, 0) is 0 Å². The third kappa shape index (κ3) is 2.93. The highest BCUT2D eigenvalue weighted by Gasteiger charge is 2.04. The van der Waals surface area contributed by atoms with Gasteiger partial charge < -0.3 is 5.21 Å². The largest absolute Gasteiger partial charge is 0.618 e. The van der Waals surface area contributed by atoms with Gasteiger partial charge in [0.05, 0.1) is 0 Å². The first-order valence-electron chi connectivity index (χ1n) is 5.71. The standard InChI is InChI=1S/C15H15NOS/c1-12-5-3-4-6-15(12)16(17)11-13-7-9-14(18-2)10-8-13/h3-11H,1-2H3/b16-11-. The molecule has 0 bridgehead atoms. The highest BCUT2D eigenvalue weighted by molar-refractivity contribution is 7.98. The first kappa shape index (κ1) is 12.7. The number of nitrogens with zero attached hydrogens (tertiary/aromatic N) is 1. The Kier molecular flexibility index (Phi) is 4.05. The predicted molar refractivity (Wildman–Crippen MR) is 77.9 cm³/mol. The van der Waals surface area contributed by atoms with Crippen molar-refractivity contribution in [3.8, 4) is 0 Å². The van der Waals surface area contributed by atoms with Crippen LogP contribution in [-0.4, -0.2) is 17.2 Å². The second-order valence-corrected chi connectivity index (χ2v) is 4.89. The molecule has 0 aliphatic heterocycles. The van der Waals surface area contributed by atoms with Crippen LogP contribution in [0.1, 0.15) is 11.1 Å². The third-order valence-corrected chi connectivity index (χ3v) is 3.48. The summed E-state index contributed by atoms with van der Waals surface area (Å²) < 4.78 is 0.920. The molecule has 2 aromatic rings. The summed E-state index contributed by atoms with van der Waals surface area (Å²) in [5, 5.41) is 12.0. The van der Waals surface area contributed by atoms with Gasteiger partial charge in [-0.15, -0.1) is 11.8 Å². The van der Waals surface area contributed by atoms with Crippen molar-refractivity contribution in [2.24, 2.45) is 0 Å². The van der Waals surface area contributed by atoms with Crippen LogP contribution in [0.3, 0.4) is 0 Å². The fourth-order valence-electron chi connectivity index (χ4n) is 1.71. The second-order valence-electron chi connectivity index (χ2n) is 4.01. The first-order valence-corrected chi connectivity index (χ1v) is 6.94. The number of thioether (sulfide) groups is 1. The van der Waals surface area contributed by atoms with Gasteiger partial charge in [-0.25, -0.2) is 0 Å². The van der Waals surface area contributed by atoms with Gasteiger partial charge in [0.1, 0.15) is 0 Å². The molecule has 0 amide bonds. The predicted octanol–water partition coefficient (Wildman–Crippen LogP) is 3.98. The number of para-hydroxylation sites is 1. The van der Waals surface area contributed by atoms with Gasteiger partial charge in [0.25, 0.3) is 0 Å². The topological polar surface area (TPSA) is 26.1 Å². The Morgan fingerprint density at radius 2 is 1.72 bits per heavy atom. The lowest BCUT2D eigenvalue weighted by atomic mass is 10.2. The lowest BCUT2D eigenvalue weighted by Gasteiger charge is -2.05. The molecule has 0 N–H and O–H groups in total. The summed E-state index contributed by atoms with van der Waals surface area (Å²) in [5.74, 6) is 0. The van der Waals surface area contributed by atoms with Gasteiger partial charge in [0.2, 0.25) is 5.69 Å². The molecule has 0 aliphatic carbocycles. The minimum Gasteiger partial charge on any atom is -0.618 e. The van der Waals surface area contributed by atoms with Crippen molar-refractivity contribution in [2.45, 2.75) is 11.8 Å². The van der Waals surface area contributed by atoms with Gasteiger partial charge in [-0.05, 0) is 37.4 Å². The molecule has 0 saturated heterocycles. The van der Waals surface area contributed by atoms with Crippen LogP contribution in [0.25, 0.3) is 0 Å². The van der Waals surface area contributed by atoms with Crippen LogP contribution in [0.5, 0.6) is 0 Å². The second kappa shape index (κ2) is 5.74. The van der Waals surface area contributed by atoms with E-state index in [0.717, 1.165) is 15.9 Å². The molecule has 0 atom stereocenters. The van der Waals surface area contributed by atoms with Crippen molar-refractivity contribution in [3.05, 3.63) is 64.9 Å². The molecule has 0 aromatic heterocycles. The van der Waals surface area contributed by atoms with Crippen LogP contribution in [0.2, 0.25) is 0 Å². The highest BCUT2D eigenvalue weighted by Crippen LogP contribution is 2.17. The molecular formula is C15H15NOS. The van der Waals surface area contributed by atoms with Gasteiger partial charge in [-0.3, -0.25) is 0 Å². The molecule has 0 radical (unpaired) electrons. The van der Waals surface area contributed by atoms with E-state index < -0.39 is 0 Å². The highest BCUT2D eigenvalue weighted by atomic mass is 32.2. The molecule has 0 unspecified atom stereocenters. The van der Waals surface area contributed by atoms with Crippen molar-refractivity contribution in [2.75, 3.05) is 6.26 Å². The molecule has 0 heterocycles. The summed E-state index contributed by atoms with van der Waals surface area (Å²) >= 11 is 1.69. The summed E-state index contributed by atoms with van der Waals surface area (Å²) in [4.78, 5) is 1.19. The Balaban J connectivity index is 2.29.